The zero-order chi connectivity index (χ0) is 18.4. The van der Waals surface area contributed by atoms with Gasteiger partial charge in [-0.1, -0.05) is 33.1 Å². The maximum atomic E-state index is 12.8. The molecule has 1 spiro atoms. The molecular formula is C19H34N2O4. The molecule has 0 radical (unpaired) electrons. The third-order valence-corrected chi connectivity index (χ3v) is 5.85. The standard InChI is InChI=1S/C19H34N2O4/c1-3-15(22)12-17(24)20-10-11-21(18(25)13-16(23)4-2)19(14-20)8-6-5-7-9-19/h15-16,22-23H,3-14H2,1-2H3. The predicted molar refractivity (Wildman–Crippen MR) is 95.9 cm³/mol. The van der Waals surface area contributed by atoms with Crippen molar-refractivity contribution >= 4 is 11.8 Å². The highest BCUT2D eigenvalue weighted by atomic mass is 16.3. The van der Waals surface area contributed by atoms with Crippen molar-refractivity contribution in [1.82, 2.24) is 9.80 Å². The molecule has 2 rings (SSSR count). The van der Waals surface area contributed by atoms with Gasteiger partial charge in [0.2, 0.25) is 11.8 Å². The molecule has 2 unspecified atom stereocenters. The Morgan fingerprint density at radius 2 is 1.48 bits per heavy atom. The van der Waals surface area contributed by atoms with E-state index in [-0.39, 0.29) is 30.2 Å². The van der Waals surface area contributed by atoms with Crippen LogP contribution < -0.4 is 0 Å². The minimum atomic E-state index is -0.590. The number of carbonyl (C=O) groups excluding carboxylic acids is 2. The molecule has 1 aliphatic heterocycles. The van der Waals surface area contributed by atoms with E-state index < -0.39 is 12.2 Å². The molecule has 2 aliphatic rings. The lowest BCUT2D eigenvalue weighted by Crippen LogP contribution is -2.65. The summed E-state index contributed by atoms with van der Waals surface area (Å²) in [6.07, 6.45) is 5.44. The SMILES string of the molecule is CCC(O)CC(=O)N1CCN(C(=O)CC(O)CC)C2(CCCCC2)C1. The van der Waals surface area contributed by atoms with Crippen molar-refractivity contribution < 1.29 is 19.8 Å². The van der Waals surface area contributed by atoms with Crippen LogP contribution in [-0.4, -0.2) is 69.2 Å². The van der Waals surface area contributed by atoms with Gasteiger partial charge in [-0.05, 0) is 25.7 Å². The highest BCUT2D eigenvalue weighted by Gasteiger charge is 2.45. The zero-order valence-corrected chi connectivity index (χ0v) is 15.7. The first-order chi connectivity index (χ1) is 11.9. The number of rotatable bonds is 6. The van der Waals surface area contributed by atoms with Crippen molar-refractivity contribution in [2.45, 2.75) is 89.4 Å². The van der Waals surface area contributed by atoms with Gasteiger partial charge < -0.3 is 20.0 Å². The second-order valence-electron chi connectivity index (χ2n) is 7.68. The van der Waals surface area contributed by atoms with Crippen LogP contribution in [0.1, 0.15) is 71.6 Å². The minimum Gasteiger partial charge on any atom is -0.393 e. The zero-order valence-electron chi connectivity index (χ0n) is 15.7. The molecule has 1 aliphatic carbocycles. The van der Waals surface area contributed by atoms with E-state index in [0.29, 0.717) is 32.5 Å². The summed E-state index contributed by atoms with van der Waals surface area (Å²) in [5.74, 6) is -0.00284. The minimum absolute atomic E-state index is 0.0111. The fourth-order valence-electron chi connectivity index (χ4n) is 4.15. The summed E-state index contributed by atoms with van der Waals surface area (Å²) in [5.41, 5.74) is -0.284. The summed E-state index contributed by atoms with van der Waals surface area (Å²) in [6, 6.07) is 0. The predicted octanol–water partition coefficient (Wildman–Crippen LogP) is 1.68. The highest BCUT2D eigenvalue weighted by molar-refractivity contribution is 5.80. The largest absolute Gasteiger partial charge is 0.393 e. The molecule has 0 aromatic rings. The van der Waals surface area contributed by atoms with Crippen molar-refractivity contribution in [2.24, 2.45) is 0 Å². The molecule has 2 amide bonds. The van der Waals surface area contributed by atoms with E-state index in [1.165, 1.54) is 6.42 Å². The Morgan fingerprint density at radius 1 is 0.920 bits per heavy atom. The second kappa shape index (κ2) is 8.99. The van der Waals surface area contributed by atoms with Gasteiger partial charge in [-0.2, -0.15) is 0 Å². The van der Waals surface area contributed by atoms with Gasteiger partial charge >= 0.3 is 0 Å². The number of aliphatic hydroxyl groups excluding tert-OH is 2. The molecular weight excluding hydrogens is 320 g/mol. The molecule has 25 heavy (non-hydrogen) atoms. The number of piperazine rings is 1. The van der Waals surface area contributed by atoms with Gasteiger partial charge in [0.15, 0.2) is 0 Å². The summed E-state index contributed by atoms with van der Waals surface area (Å²) in [7, 11) is 0. The molecule has 2 N–H and O–H groups in total. The Labute approximate surface area is 151 Å². The van der Waals surface area contributed by atoms with Crippen LogP contribution in [-0.2, 0) is 9.59 Å². The third kappa shape index (κ3) is 4.94. The van der Waals surface area contributed by atoms with E-state index in [4.69, 9.17) is 0 Å². The topological polar surface area (TPSA) is 81.1 Å². The molecule has 6 heteroatoms. The van der Waals surface area contributed by atoms with Crippen LogP contribution in [0, 0.1) is 0 Å². The van der Waals surface area contributed by atoms with E-state index in [1.54, 1.807) is 0 Å². The molecule has 1 saturated heterocycles. The molecule has 2 fully saturated rings. The van der Waals surface area contributed by atoms with Crippen LogP contribution in [0.4, 0.5) is 0 Å². The Bertz CT molecular complexity index is 462. The number of amides is 2. The summed E-state index contributed by atoms with van der Waals surface area (Å²) < 4.78 is 0. The van der Waals surface area contributed by atoms with Crippen LogP contribution in [0.2, 0.25) is 0 Å². The van der Waals surface area contributed by atoms with Crippen LogP contribution in [0.5, 0.6) is 0 Å². The first-order valence-electron chi connectivity index (χ1n) is 9.86. The Balaban J connectivity index is 2.10. The van der Waals surface area contributed by atoms with Crippen LogP contribution in [0.15, 0.2) is 0 Å². The third-order valence-electron chi connectivity index (χ3n) is 5.85. The summed E-state index contributed by atoms with van der Waals surface area (Å²) in [6.45, 7) is 5.37. The first kappa shape index (κ1) is 20.2. The molecule has 1 saturated carbocycles. The molecule has 0 aromatic carbocycles. The second-order valence-corrected chi connectivity index (χ2v) is 7.68. The van der Waals surface area contributed by atoms with Gasteiger partial charge in [0.1, 0.15) is 0 Å². The molecule has 144 valence electrons. The summed E-state index contributed by atoms with van der Waals surface area (Å²) in [4.78, 5) is 29.1. The van der Waals surface area contributed by atoms with Crippen LogP contribution in [0.3, 0.4) is 0 Å². The van der Waals surface area contributed by atoms with Crippen molar-refractivity contribution in [3.63, 3.8) is 0 Å². The molecule has 2 atom stereocenters. The molecule has 6 nitrogen and oxygen atoms in total. The number of nitrogens with zero attached hydrogens (tertiary/aromatic N) is 2. The molecule has 1 heterocycles. The van der Waals surface area contributed by atoms with E-state index in [2.05, 4.69) is 0 Å². The monoisotopic (exact) mass is 354 g/mol. The number of aliphatic hydroxyl groups is 2. The van der Waals surface area contributed by atoms with E-state index in [1.807, 2.05) is 23.6 Å². The fourth-order valence-corrected chi connectivity index (χ4v) is 4.15. The molecule has 0 bridgehead atoms. The first-order valence-corrected chi connectivity index (χ1v) is 9.86. The normalized spacial score (nSPS) is 22.7. The van der Waals surface area contributed by atoms with E-state index in [9.17, 15) is 19.8 Å². The maximum absolute atomic E-state index is 12.8. The lowest BCUT2D eigenvalue weighted by Gasteiger charge is -2.53. The van der Waals surface area contributed by atoms with Gasteiger partial charge in [-0.3, -0.25) is 9.59 Å². The summed E-state index contributed by atoms with van der Waals surface area (Å²) in [5, 5.41) is 19.7. The summed E-state index contributed by atoms with van der Waals surface area (Å²) >= 11 is 0. The Kier molecular flexibility index (Phi) is 7.25. The quantitative estimate of drug-likeness (QED) is 0.760. The average Bonchev–Trinajstić information content (AvgIpc) is 2.61. The molecule has 0 aromatic heterocycles. The van der Waals surface area contributed by atoms with E-state index in [0.717, 1.165) is 25.7 Å². The number of hydrogen-bond donors (Lipinski definition) is 2. The van der Waals surface area contributed by atoms with E-state index >= 15 is 0 Å². The van der Waals surface area contributed by atoms with Gasteiger partial charge in [0.05, 0.1) is 30.6 Å². The van der Waals surface area contributed by atoms with Gasteiger partial charge in [-0.25, -0.2) is 0 Å². The van der Waals surface area contributed by atoms with Crippen molar-refractivity contribution in [2.75, 3.05) is 19.6 Å². The maximum Gasteiger partial charge on any atom is 0.225 e. The lowest BCUT2D eigenvalue weighted by atomic mass is 9.78. The Morgan fingerprint density at radius 3 is 2.04 bits per heavy atom. The number of carbonyl (C=O) groups is 2. The van der Waals surface area contributed by atoms with Crippen molar-refractivity contribution in [3.8, 4) is 0 Å². The average molecular weight is 354 g/mol. The Hall–Kier alpha value is -1.14. The number of hydrogen-bond acceptors (Lipinski definition) is 4. The van der Waals surface area contributed by atoms with Crippen LogP contribution in [0.25, 0.3) is 0 Å². The van der Waals surface area contributed by atoms with Crippen molar-refractivity contribution in [3.05, 3.63) is 0 Å². The van der Waals surface area contributed by atoms with Crippen molar-refractivity contribution in [1.29, 1.82) is 0 Å². The van der Waals surface area contributed by atoms with Gasteiger partial charge in [-0.15, -0.1) is 0 Å². The van der Waals surface area contributed by atoms with Gasteiger partial charge in [0.25, 0.3) is 0 Å². The van der Waals surface area contributed by atoms with Crippen LogP contribution >= 0.6 is 0 Å². The fraction of sp³-hybridized carbons (Fsp3) is 0.895. The highest BCUT2D eigenvalue weighted by Crippen LogP contribution is 2.37. The smallest absolute Gasteiger partial charge is 0.225 e. The van der Waals surface area contributed by atoms with Gasteiger partial charge in [0, 0.05) is 19.6 Å². The lowest BCUT2D eigenvalue weighted by molar-refractivity contribution is -0.154.